The molecule has 0 bridgehead atoms. The standard InChI is InChI=1S/C18H28N2O2S/c1-15(2)18(21)20-10-4-9-19(11-12-20)13-14-22-16-5-7-17(23-3)8-6-16/h5-8,15H,4,9-14H2,1-3H3. The lowest BCUT2D eigenvalue weighted by atomic mass is 10.2. The van der Waals surface area contributed by atoms with Gasteiger partial charge in [-0.05, 0) is 36.9 Å². The highest BCUT2D eigenvalue weighted by Crippen LogP contribution is 2.19. The Balaban J connectivity index is 1.72. The van der Waals surface area contributed by atoms with Gasteiger partial charge in [0.05, 0.1) is 0 Å². The number of ether oxygens (including phenoxy) is 1. The second-order valence-corrected chi connectivity index (χ2v) is 7.08. The lowest BCUT2D eigenvalue weighted by Crippen LogP contribution is -2.38. The molecule has 0 atom stereocenters. The lowest BCUT2D eigenvalue weighted by Gasteiger charge is -2.23. The largest absolute Gasteiger partial charge is 0.492 e. The highest BCUT2D eigenvalue weighted by atomic mass is 32.2. The number of nitrogens with zero attached hydrogens (tertiary/aromatic N) is 2. The molecule has 5 heteroatoms. The molecule has 2 rings (SSSR count). The van der Waals surface area contributed by atoms with E-state index in [0.717, 1.165) is 44.9 Å². The zero-order chi connectivity index (χ0) is 16.7. The van der Waals surface area contributed by atoms with Gasteiger partial charge >= 0.3 is 0 Å². The molecule has 0 saturated carbocycles. The van der Waals surface area contributed by atoms with Gasteiger partial charge in [0.15, 0.2) is 0 Å². The minimum atomic E-state index is 0.0918. The zero-order valence-corrected chi connectivity index (χ0v) is 15.3. The van der Waals surface area contributed by atoms with E-state index in [9.17, 15) is 4.79 Å². The summed E-state index contributed by atoms with van der Waals surface area (Å²) in [5.41, 5.74) is 0. The quantitative estimate of drug-likeness (QED) is 0.748. The monoisotopic (exact) mass is 336 g/mol. The van der Waals surface area contributed by atoms with Crippen molar-refractivity contribution in [3.63, 3.8) is 0 Å². The predicted molar refractivity (Wildman–Crippen MR) is 96.2 cm³/mol. The number of thioether (sulfide) groups is 1. The molecule has 0 N–H and O–H groups in total. The third-order valence-electron chi connectivity index (χ3n) is 4.13. The van der Waals surface area contributed by atoms with E-state index in [1.165, 1.54) is 4.90 Å². The predicted octanol–water partition coefficient (Wildman–Crippen LogP) is 2.98. The summed E-state index contributed by atoms with van der Waals surface area (Å²) >= 11 is 1.73. The molecule has 0 radical (unpaired) electrons. The van der Waals surface area contributed by atoms with E-state index in [1.807, 2.05) is 30.9 Å². The molecule has 0 aromatic heterocycles. The fourth-order valence-electron chi connectivity index (χ4n) is 2.74. The van der Waals surface area contributed by atoms with Gasteiger partial charge in [0.1, 0.15) is 12.4 Å². The van der Waals surface area contributed by atoms with E-state index in [-0.39, 0.29) is 11.8 Å². The molecule has 0 spiro atoms. The van der Waals surface area contributed by atoms with E-state index in [0.29, 0.717) is 6.61 Å². The molecule has 1 fully saturated rings. The van der Waals surface area contributed by atoms with Crippen LogP contribution in [0.5, 0.6) is 5.75 Å². The Labute approximate surface area is 144 Å². The van der Waals surface area contributed by atoms with Gasteiger partial charge < -0.3 is 9.64 Å². The van der Waals surface area contributed by atoms with Crippen molar-refractivity contribution in [1.82, 2.24) is 9.80 Å². The summed E-state index contributed by atoms with van der Waals surface area (Å²) in [4.78, 5) is 17.7. The molecular weight excluding hydrogens is 308 g/mol. The van der Waals surface area contributed by atoms with Crippen molar-refractivity contribution in [1.29, 1.82) is 0 Å². The molecule has 1 amide bonds. The van der Waals surface area contributed by atoms with Crippen LogP contribution >= 0.6 is 11.8 Å². The van der Waals surface area contributed by atoms with E-state index in [2.05, 4.69) is 23.3 Å². The molecule has 1 aliphatic rings. The maximum atomic E-state index is 12.1. The topological polar surface area (TPSA) is 32.8 Å². The third kappa shape index (κ3) is 5.74. The SMILES string of the molecule is CSc1ccc(OCCN2CCCN(C(=O)C(C)C)CC2)cc1. The Morgan fingerprint density at radius 2 is 1.91 bits per heavy atom. The maximum Gasteiger partial charge on any atom is 0.225 e. The molecule has 1 saturated heterocycles. The maximum absolute atomic E-state index is 12.1. The molecule has 0 aliphatic carbocycles. The number of rotatable bonds is 6. The van der Waals surface area contributed by atoms with Crippen LogP contribution in [-0.4, -0.2) is 61.3 Å². The van der Waals surface area contributed by atoms with Crippen molar-refractivity contribution < 1.29 is 9.53 Å². The van der Waals surface area contributed by atoms with Gasteiger partial charge in [0.2, 0.25) is 5.91 Å². The molecule has 0 unspecified atom stereocenters. The number of hydrogen-bond acceptors (Lipinski definition) is 4. The van der Waals surface area contributed by atoms with Crippen LogP contribution in [0, 0.1) is 5.92 Å². The molecular formula is C18H28N2O2S. The Morgan fingerprint density at radius 3 is 2.57 bits per heavy atom. The van der Waals surface area contributed by atoms with Gasteiger partial charge in [-0.2, -0.15) is 0 Å². The normalized spacial score (nSPS) is 16.4. The van der Waals surface area contributed by atoms with Crippen LogP contribution in [0.3, 0.4) is 0 Å². The molecule has 1 aromatic rings. The van der Waals surface area contributed by atoms with Gasteiger partial charge in [-0.3, -0.25) is 9.69 Å². The fraction of sp³-hybridized carbons (Fsp3) is 0.611. The Hall–Kier alpha value is -1.20. The van der Waals surface area contributed by atoms with Gasteiger partial charge in [-0.25, -0.2) is 0 Å². The molecule has 128 valence electrons. The van der Waals surface area contributed by atoms with Crippen LogP contribution in [0.25, 0.3) is 0 Å². The number of carbonyl (C=O) groups is 1. The first-order chi connectivity index (χ1) is 11.1. The summed E-state index contributed by atoms with van der Waals surface area (Å²) in [6, 6.07) is 8.22. The molecule has 1 heterocycles. The van der Waals surface area contributed by atoms with Crippen LogP contribution in [0.4, 0.5) is 0 Å². The Morgan fingerprint density at radius 1 is 1.17 bits per heavy atom. The van der Waals surface area contributed by atoms with Crippen LogP contribution in [0.1, 0.15) is 20.3 Å². The van der Waals surface area contributed by atoms with Gasteiger partial charge in [0, 0.05) is 43.5 Å². The highest BCUT2D eigenvalue weighted by molar-refractivity contribution is 7.98. The Kier molecular flexibility index (Phi) is 7.24. The first-order valence-corrected chi connectivity index (χ1v) is 9.60. The van der Waals surface area contributed by atoms with Crippen molar-refractivity contribution in [2.45, 2.75) is 25.2 Å². The molecule has 1 aliphatic heterocycles. The summed E-state index contributed by atoms with van der Waals surface area (Å²) in [6.45, 7) is 9.24. The van der Waals surface area contributed by atoms with E-state index in [1.54, 1.807) is 11.8 Å². The number of carbonyl (C=O) groups excluding carboxylic acids is 1. The molecule has 4 nitrogen and oxygen atoms in total. The average molecular weight is 337 g/mol. The Bertz CT molecular complexity index is 490. The zero-order valence-electron chi connectivity index (χ0n) is 14.5. The van der Waals surface area contributed by atoms with Gasteiger partial charge in [-0.15, -0.1) is 11.8 Å². The second-order valence-electron chi connectivity index (χ2n) is 6.20. The third-order valence-corrected chi connectivity index (χ3v) is 4.87. The average Bonchev–Trinajstić information content (AvgIpc) is 2.80. The van der Waals surface area contributed by atoms with E-state index < -0.39 is 0 Å². The van der Waals surface area contributed by atoms with E-state index >= 15 is 0 Å². The lowest BCUT2D eigenvalue weighted by molar-refractivity contribution is -0.134. The fourth-order valence-corrected chi connectivity index (χ4v) is 3.15. The van der Waals surface area contributed by atoms with Gasteiger partial charge in [0.25, 0.3) is 0 Å². The van der Waals surface area contributed by atoms with Crippen molar-refractivity contribution in [2.24, 2.45) is 5.92 Å². The summed E-state index contributed by atoms with van der Waals surface area (Å²) in [5, 5.41) is 0. The summed E-state index contributed by atoms with van der Waals surface area (Å²) in [5.74, 6) is 1.29. The number of amides is 1. The van der Waals surface area contributed by atoms with Crippen LogP contribution in [-0.2, 0) is 4.79 Å². The highest BCUT2D eigenvalue weighted by Gasteiger charge is 2.20. The van der Waals surface area contributed by atoms with Crippen LogP contribution < -0.4 is 4.74 Å². The smallest absolute Gasteiger partial charge is 0.225 e. The molecule has 1 aromatic carbocycles. The van der Waals surface area contributed by atoms with Crippen molar-refractivity contribution in [2.75, 3.05) is 45.6 Å². The van der Waals surface area contributed by atoms with Crippen molar-refractivity contribution >= 4 is 17.7 Å². The minimum Gasteiger partial charge on any atom is -0.492 e. The first-order valence-electron chi connectivity index (χ1n) is 8.38. The number of hydrogen-bond donors (Lipinski definition) is 0. The van der Waals surface area contributed by atoms with Crippen molar-refractivity contribution in [3.05, 3.63) is 24.3 Å². The summed E-state index contributed by atoms with van der Waals surface area (Å²) < 4.78 is 5.83. The van der Waals surface area contributed by atoms with Gasteiger partial charge in [-0.1, -0.05) is 13.8 Å². The first kappa shape index (κ1) is 18.1. The molecule has 23 heavy (non-hydrogen) atoms. The van der Waals surface area contributed by atoms with Crippen LogP contribution in [0.2, 0.25) is 0 Å². The number of benzene rings is 1. The minimum absolute atomic E-state index is 0.0918. The second kappa shape index (κ2) is 9.18. The van der Waals surface area contributed by atoms with Crippen molar-refractivity contribution in [3.8, 4) is 5.75 Å². The summed E-state index contributed by atoms with van der Waals surface area (Å²) in [7, 11) is 0. The van der Waals surface area contributed by atoms with Crippen LogP contribution in [0.15, 0.2) is 29.2 Å². The van der Waals surface area contributed by atoms with E-state index in [4.69, 9.17) is 4.74 Å². The summed E-state index contributed by atoms with van der Waals surface area (Å²) in [6.07, 6.45) is 3.11.